The van der Waals surface area contributed by atoms with E-state index in [-0.39, 0.29) is 0 Å². The maximum Gasteiger partial charge on any atom is 0.180 e. The zero-order valence-electron chi connectivity index (χ0n) is 31.1. The van der Waals surface area contributed by atoms with Crippen molar-refractivity contribution in [1.82, 2.24) is 4.57 Å². The van der Waals surface area contributed by atoms with E-state index in [2.05, 4.69) is 223 Å². The molecule has 0 aliphatic carbocycles. The SMILES string of the molecule is Clc1ccc([Si]2(c3ccc4c(c3)c3ccccc3n4-c3ccccc3-c3ccccc3)c3ccc(-c4ccccc4)cc3-c3cc(-c4ccccc4)ccc32)cc1. The number of rotatable bonds is 6. The van der Waals surface area contributed by atoms with Gasteiger partial charge < -0.3 is 4.57 Å². The molecular weight excluding hydrogens is 726 g/mol. The summed E-state index contributed by atoms with van der Waals surface area (Å²) < 4.78 is 2.46. The molecule has 0 spiro atoms. The molecule has 3 heteroatoms. The van der Waals surface area contributed by atoms with E-state index in [1.807, 2.05) is 0 Å². The molecule has 10 aromatic rings. The zero-order valence-corrected chi connectivity index (χ0v) is 32.9. The van der Waals surface area contributed by atoms with Crippen LogP contribution in [0, 0.1) is 0 Å². The minimum atomic E-state index is -2.90. The zero-order chi connectivity index (χ0) is 37.9. The first kappa shape index (κ1) is 33.6. The van der Waals surface area contributed by atoms with Gasteiger partial charge in [-0.2, -0.15) is 0 Å². The minimum absolute atomic E-state index is 0.746. The van der Waals surface area contributed by atoms with Crippen molar-refractivity contribution in [2.24, 2.45) is 0 Å². The molecule has 1 aliphatic rings. The normalized spacial score (nSPS) is 12.8. The van der Waals surface area contributed by atoms with Gasteiger partial charge in [0.05, 0.1) is 16.7 Å². The van der Waals surface area contributed by atoms with Crippen LogP contribution >= 0.6 is 11.6 Å². The first-order chi connectivity index (χ1) is 28.2. The quantitative estimate of drug-likeness (QED) is 0.149. The summed E-state index contributed by atoms with van der Waals surface area (Å²) in [6, 6.07) is 80.4. The van der Waals surface area contributed by atoms with E-state index in [9.17, 15) is 0 Å². The number of para-hydroxylation sites is 2. The smallest absolute Gasteiger partial charge is 0.180 e. The predicted octanol–water partition coefficient (Wildman–Crippen LogP) is 11.8. The Hall–Kier alpha value is -6.71. The number of benzene rings is 9. The predicted molar refractivity (Wildman–Crippen MR) is 245 cm³/mol. The first-order valence-corrected chi connectivity index (χ1v) is 21.9. The number of nitrogens with zero attached hydrogens (tertiary/aromatic N) is 1. The fraction of sp³-hybridized carbons (Fsp3) is 0. The van der Waals surface area contributed by atoms with Gasteiger partial charge in [0.1, 0.15) is 0 Å². The van der Waals surface area contributed by atoms with E-state index in [0.717, 1.165) is 5.02 Å². The van der Waals surface area contributed by atoms with E-state index in [1.54, 1.807) is 0 Å². The second-order valence-electron chi connectivity index (χ2n) is 15.0. The molecule has 1 aliphatic heterocycles. The van der Waals surface area contributed by atoms with Gasteiger partial charge in [0.15, 0.2) is 8.07 Å². The number of hydrogen-bond acceptors (Lipinski definition) is 0. The Bertz CT molecular complexity index is 3020. The monoisotopic (exact) mass is 761 g/mol. The lowest BCUT2D eigenvalue weighted by atomic mass is 9.96. The molecule has 0 N–H and O–H groups in total. The third-order valence-corrected chi connectivity index (χ3v) is 17.1. The highest BCUT2D eigenvalue weighted by Crippen LogP contribution is 2.38. The van der Waals surface area contributed by atoms with Crippen molar-refractivity contribution in [2.45, 2.75) is 0 Å². The van der Waals surface area contributed by atoms with Gasteiger partial charge in [0, 0.05) is 21.4 Å². The fourth-order valence-electron chi connectivity index (χ4n) is 9.44. The van der Waals surface area contributed by atoms with E-state index < -0.39 is 8.07 Å². The molecule has 0 radical (unpaired) electrons. The summed E-state index contributed by atoms with van der Waals surface area (Å²) >= 11 is 6.66. The van der Waals surface area contributed by atoms with Crippen LogP contribution in [0.1, 0.15) is 0 Å². The number of halogens is 1. The summed E-state index contributed by atoms with van der Waals surface area (Å²) in [7, 11) is -2.90. The largest absolute Gasteiger partial charge is 0.309 e. The highest BCUT2D eigenvalue weighted by Gasteiger charge is 2.49. The molecule has 0 fully saturated rings. The highest BCUT2D eigenvalue weighted by molar-refractivity contribution is 7.22. The molecule has 1 aromatic heterocycles. The summed E-state index contributed by atoms with van der Waals surface area (Å²) in [5.74, 6) is 0. The van der Waals surface area contributed by atoms with Gasteiger partial charge >= 0.3 is 0 Å². The van der Waals surface area contributed by atoms with Crippen LogP contribution in [0.4, 0.5) is 0 Å². The van der Waals surface area contributed by atoms with Gasteiger partial charge in [-0.05, 0) is 102 Å². The molecule has 1 nitrogen and oxygen atoms in total. The third kappa shape index (κ3) is 5.29. The highest BCUT2D eigenvalue weighted by atomic mass is 35.5. The van der Waals surface area contributed by atoms with Gasteiger partial charge in [0.2, 0.25) is 0 Å². The van der Waals surface area contributed by atoms with Crippen molar-refractivity contribution in [3.05, 3.63) is 223 Å². The van der Waals surface area contributed by atoms with Gasteiger partial charge in [-0.25, -0.2) is 0 Å². The van der Waals surface area contributed by atoms with Crippen LogP contribution in [-0.2, 0) is 0 Å². The van der Waals surface area contributed by atoms with Gasteiger partial charge in [-0.15, -0.1) is 0 Å². The lowest BCUT2D eigenvalue weighted by Gasteiger charge is -2.31. The Labute approximate surface area is 338 Å². The molecule has 57 heavy (non-hydrogen) atoms. The molecule has 268 valence electrons. The maximum absolute atomic E-state index is 6.66. The Morgan fingerprint density at radius 1 is 0.333 bits per heavy atom. The molecule has 0 amide bonds. The van der Waals surface area contributed by atoms with E-state index in [0.29, 0.717) is 0 Å². The Morgan fingerprint density at radius 2 is 0.842 bits per heavy atom. The van der Waals surface area contributed by atoms with Crippen LogP contribution in [0.2, 0.25) is 5.02 Å². The van der Waals surface area contributed by atoms with Gasteiger partial charge in [-0.1, -0.05) is 188 Å². The van der Waals surface area contributed by atoms with Gasteiger partial charge in [0.25, 0.3) is 0 Å². The number of aromatic nitrogens is 1. The molecule has 0 unspecified atom stereocenters. The van der Waals surface area contributed by atoms with Crippen molar-refractivity contribution in [3.8, 4) is 50.2 Å². The third-order valence-electron chi connectivity index (χ3n) is 12.0. The van der Waals surface area contributed by atoms with Crippen molar-refractivity contribution < 1.29 is 0 Å². The molecule has 0 saturated heterocycles. The van der Waals surface area contributed by atoms with Crippen molar-refractivity contribution in [2.75, 3.05) is 0 Å². The lowest BCUT2D eigenvalue weighted by Crippen LogP contribution is -2.72. The van der Waals surface area contributed by atoms with Crippen LogP contribution in [-0.4, -0.2) is 12.6 Å². The van der Waals surface area contributed by atoms with E-state index in [4.69, 9.17) is 11.6 Å². The Morgan fingerprint density at radius 3 is 1.47 bits per heavy atom. The molecule has 11 rings (SSSR count). The van der Waals surface area contributed by atoms with Crippen LogP contribution in [0.3, 0.4) is 0 Å². The van der Waals surface area contributed by atoms with E-state index in [1.165, 1.54) is 92.7 Å². The average molecular weight is 762 g/mol. The summed E-state index contributed by atoms with van der Waals surface area (Å²) in [5, 5.41) is 8.74. The lowest BCUT2D eigenvalue weighted by molar-refractivity contribution is 1.18. The van der Waals surface area contributed by atoms with Gasteiger partial charge in [-0.3, -0.25) is 0 Å². The summed E-state index contributed by atoms with van der Waals surface area (Å²) in [6.45, 7) is 0. The Kier molecular flexibility index (Phi) is 7.96. The summed E-state index contributed by atoms with van der Waals surface area (Å²) in [4.78, 5) is 0. The second kappa shape index (κ2) is 13.5. The molecular formula is C54H36ClNSi. The number of hydrogen-bond donors (Lipinski definition) is 0. The summed E-state index contributed by atoms with van der Waals surface area (Å²) in [6.07, 6.45) is 0. The van der Waals surface area contributed by atoms with Crippen molar-refractivity contribution in [3.63, 3.8) is 0 Å². The fourth-order valence-corrected chi connectivity index (χ4v) is 14.7. The van der Waals surface area contributed by atoms with Crippen LogP contribution in [0.5, 0.6) is 0 Å². The minimum Gasteiger partial charge on any atom is -0.309 e. The number of fused-ring (bicyclic) bond motifs is 6. The topological polar surface area (TPSA) is 4.93 Å². The van der Waals surface area contributed by atoms with Crippen LogP contribution in [0.25, 0.3) is 72.0 Å². The van der Waals surface area contributed by atoms with Crippen LogP contribution < -0.4 is 20.7 Å². The standard InChI is InChI=1S/C54H36ClNSi/c55-42-26-28-43(29-27-42)57(53-32-24-40(37-14-4-1-5-15-37)34-48(53)49-35-41(25-33-54(49)57)38-16-6-2-7-17-38)44-30-31-52-47(36-44)46-21-11-13-23-51(46)56(52)50-22-12-10-20-45(50)39-18-8-3-9-19-39/h1-36H. The second-order valence-corrected chi connectivity index (χ2v) is 19.1. The average Bonchev–Trinajstić information content (AvgIpc) is 3.77. The van der Waals surface area contributed by atoms with Crippen molar-refractivity contribution >= 4 is 62.2 Å². The summed E-state index contributed by atoms with van der Waals surface area (Å²) in [5.41, 5.74) is 13.5. The maximum atomic E-state index is 6.66. The molecule has 0 bridgehead atoms. The first-order valence-electron chi connectivity index (χ1n) is 19.5. The molecule has 9 aromatic carbocycles. The molecule has 0 saturated carbocycles. The molecule has 0 atom stereocenters. The van der Waals surface area contributed by atoms with Crippen LogP contribution in [0.15, 0.2) is 218 Å². The Balaban J connectivity index is 1.22. The molecule has 2 heterocycles. The van der Waals surface area contributed by atoms with Crippen molar-refractivity contribution in [1.29, 1.82) is 0 Å². The van der Waals surface area contributed by atoms with E-state index >= 15 is 0 Å².